The first-order valence-electron chi connectivity index (χ1n) is 9.49. The number of rotatable bonds is 6. The minimum atomic E-state index is -0.441. The fourth-order valence-corrected chi connectivity index (χ4v) is 4.12. The number of anilines is 1. The standard InChI is InChI=1S/C20H18ClN5O4S/c21-15-6-7-16(17(12-15)26(28)29)24-8-10-25(11-9-24)18(27)13-31-20-23-22-19(30-20)14-4-2-1-3-5-14/h1-7,12H,8-11,13H2. The smallest absolute Gasteiger partial charge is 0.294 e. The first-order valence-corrected chi connectivity index (χ1v) is 10.9. The van der Waals surface area contributed by atoms with Gasteiger partial charge in [-0.1, -0.05) is 41.6 Å². The highest BCUT2D eigenvalue weighted by atomic mass is 35.5. The number of benzene rings is 2. The van der Waals surface area contributed by atoms with Crippen molar-refractivity contribution in [3.8, 4) is 11.5 Å². The molecular weight excluding hydrogens is 442 g/mol. The summed E-state index contributed by atoms with van der Waals surface area (Å²) in [6.07, 6.45) is 0. The second-order valence-corrected chi connectivity index (χ2v) is 8.15. The van der Waals surface area contributed by atoms with Gasteiger partial charge in [-0.15, -0.1) is 10.2 Å². The molecule has 31 heavy (non-hydrogen) atoms. The summed E-state index contributed by atoms with van der Waals surface area (Å²) in [6.45, 7) is 1.94. The number of piperazine rings is 1. The van der Waals surface area contributed by atoms with Gasteiger partial charge in [-0.25, -0.2) is 0 Å². The van der Waals surface area contributed by atoms with E-state index < -0.39 is 4.92 Å². The van der Waals surface area contributed by atoms with Crippen LogP contribution < -0.4 is 4.90 Å². The number of carbonyl (C=O) groups excluding carboxylic acids is 1. The van der Waals surface area contributed by atoms with E-state index in [1.807, 2.05) is 35.2 Å². The monoisotopic (exact) mass is 459 g/mol. The van der Waals surface area contributed by atoms with E-state index in [0.29, 0.717) is 48.0 Å². The SMILES string of the molecule is O=C(CSc1nnc(-c2ccccc2)o1)N1CCN(c2ccc(Cl)cc2[N+](=O)[O-])CC1. The van der Waals surface area contributed by atoms with Crippen LogP contribution in [-0.4, -0.2) is 57.9 Å². The van der Waals surface area contributed by atoms with Gasteiger partial charge in [-0.3, -0.25) is 14.9 Å². The molecule has 1 fully saturated rings. The Bertz CT molecular complexity index is 1090. The van der Waals surface area contributed by atoms with Gasteiger partial charge in [0.1, 0.15) is 5.69 Å². The summed E-state index contributed by atoms with van der Waals surface area (Å²) in [6, 6.07) is 14.0. The van der Waals surface area contributed by atoms with Crippen LogP contribution in [0.2, 0.25) is 5.02 Å². The summed E-state index contributed by atoms with van der Waals surface area (Å²) >= 11 is 7.08. The molecule has 0 spiro atoms. The molecule has 0 atom stereocenters. The quantitative estimate of drug-likeness (QED) is 0.312. The maximum absolute atomic E-state index is 12.6. The van der Waals surface area contributed by atoms with Crippen LogP contribution in [-0.2, 0) is 4.79 Å². The molecule has 1 aliphatic heterocycles. The molecule has 2 aromatic carbocycles. The largest absolute Gasteiger partial charge is 0.411 e. The number of nitro groups is 1. The Morgan fingerprint density at radius 3 is 2.58 bits per heavy atom. The number of hydrogen-bond donors (Lipinski definition) is 0. The van der Waals surface area contributed by atoms with Crippen molar-refractivity contribution in [1.29, 1.82) is 0 Å². The fraction of sp³-hybridized carbons (Fsp3) is 0.250. The van der Waals surface area contributed by atoms with Crippen molar-refractivity contribution < 1.29 is 14.1 Å². The highest BCUT2D eigenvalue weighted by Crippen LogP contribution is 2.31. The molecule has 0 N–H and O–H groups in total. The Labute approximate surface area is 187 Å². The van der Waals surface area contributed by atoms with Gasteiger partial charge in [-0.2, -0.15) is 0 Å². The molecule has 0 saturated carbocycles. The third-order valence-corrected chi connectivity index (χ3v) is 5.89. The van der Waals surface area contributed by atoms with Gasteiger partial charge in [0.2, 0.25) is 11.8 Å². The Morgan fingerprint density at radius 2 is 1.87 bits per heavy atom. The number of aromatic nitrogens is 2. The van der Waals surface area contributed by atoms with E-state index in [1.165, 1.54) is 17.8 Å². The molecule has 1 amide bonds. The lowest BCUT2D eigenvalue weighted by molar-refractivity contribution is -0.384. The van der Waals surface area contributed by atoms with Crippen molar-refractivity contribution in [2.24, 2.45) is 0 Å². The van der Waals surface area contributed by atoms with Crippen molar-refractivity contribution >= 4 is 40.6 Å². The van der Waals surface area contributed by atoms with Gasteiger partial charge in [-0.05, 0) is 24.3 Å². The maximum atomic E-state index is 12.6. The van der Waals surface area contributed by atoms with E-state index in [2.05, 4.69) is 10.2 Å². The van der Waals surface area contributed by atoms with Crippen molar-refractivity contribution in [3.05, 3.63) is 63.7 Å². The Hall–Kier alpha value is -3.11. The average molecular weight is 460 g/mol. The van der Waals surface area contributed by atoms with Crippen LogP contribution in [0.4, 0.5) is 11.4 Å². The lowest BCUT2D eigenvalue weighted by Gasteiger charge is -2.35. The molecule has 0 unspecified atom stereocenters. The predicted molar refractivity (Wildman–Crippen MR) is 117 cm³/mol. The maximum Gasteiger partial charge on any atom is 0.294 e. The number of halogens is 1. The molecule has 9 nitrogen and oxygen atoms in total. The molecule has 11 heteroatoms. The average Bonchev–Trinajstić information content (AvgIpc) is 3.27. The third kappa shape index (κ3) is 4.97. The van der Waals surface area contributed by atoms with Crippen LogP contribution in [0.3, 0.4) is 0 Å². The number of nitro benzene ring substituents is 1. The second kappa shape index (κ2) is 9.36. The summed E-state index contributed by atoms with van der Waals surface area (Å²) < 4.78 is 5.61. The van der Waals surface area contributed by atoms with Crippen molar-refractivity contribution in [3.63, 3.8) is 0 Å². The van der Waals surface area contributed by atoms with Gasteiger partial charge in [0.05, 0.1) is 10.7 Å². The van der Waals surface area contributed by atoms with Crippen molar-refractivity contribution in [2.45, 2.75) is 5.22 Å². The van der Waals surface area contributed by atoms with Crippen LogP contribution in [0.1, 0.15) is 0 Å². The van der Waals surface area contributed by atoms with Crippen LogP contribution in [0.15, 0.2) is 58.2 Å². The third-order valence-electron chi connectivity index (χ3n) is 4.85. The molecule has 0 aliphatic carbocycles. The Kier molecular flexibility index (Phi) is 6.38. The second-order valence-electron chi connectivity index (χ2n) is 6.79. The molecule has 0 bridgehead atoms. The topological polar surface area (TPSA) is 106 Å². The molecule has 2 heterocycles. The summed E-state index contributed by atoms with van der Waals surface area (Å²) in [5.41, 5.74) is 1.30. The van der Waals surface area contributed by atoms with E-state index in [4.69, 9.17) is 16.0 Å². The zero-order valence-corrected chi connectivity index (χ0v) is 17.9. The van der Waals surface area contributed by atoms with Crippen molar-refractivity contribution in [1.82, 2.24) is 15.1 Å². The lowest BCUT2D eigenvalue weighted by Crippen LogP contribution is -2.49. The summed E-state index contributed by atoms with van der Waals surface area (Å²) in [7, 11) is 0. The molecule has 1 aromatic heterocycles. The van der Waals surface area contributed by atoms with Crippen molar-refractivity contribution in [2.75, 3.05) is 36.8 Å². The molecule has 3 aromatic rings. The van der Waals surface area contributed by atoms with Crippen LogP contribution in [0.5, 0.6) is 0 Å². The Morgan fingerprint density at radius 1 is 1.13 bits per heavy atom. The van der Waals surface area contributed by atoms with Crippen LogP contribution in [0.25, 0.3) is 11.5 Å². The summed E-state index contributed by atoms with van der Waals surface area (Å²) in [5, 5.41) is 20.0. The highest BCUT2D eigenvalue weighted by molar-refractivity contribution is 7.99. The molecule has 160 valence electrons. The number of thioether (sulfide) groups is 1. The van der Waals surface area contributed by atoms with Gasteiger partial charge in [0, 0.05) is 42.8 Å². The number of carbonyl (C=O) groups is 1. The predicted octanol–water partition coefficient (Wildman–Crippen LogP) is 3.74. The fourth-order valence-electron chi connectivity index (χ4n) is 3.29. The number of amides is 1. The van der Waals surface area contributed by atoms with Gasteiger partial charge < -0.3 is 14.2 Å². The highest BCUT2D eigenvalue weighted by Gasteiger charge is 2.26. The minimum Gasteiger partial charge on any atom is -0.411 e. The normalized spacial score (nSPS) is 14.0. The molecule has 1 aliphatic rings. The van der Waals surface area contributed by atoms with Gasteiger partial charge >= 0.3 is 0 Å². The zero-order chi connectivity index (χ0) is 21.8. The van der Waals surface area contributed by atoms with Crippen LogP contribution >= 0.6 is 23.4 Å². The number of hydrogen-bond acceptors (Lipinski definition) is 8. The summed E-state index contributed by atoms with van der Waals surface area (Å²) in [5.74, 6) is 0.542. The minimum absolute atomic E-state index is 0.0338. The number of nitrogens with zero attached hydrogens (tertiary/aromatic N) is 5. The molecule has 0 radical (unpaired) electrons. The molecule has 1 saturated heterocycles. The van der Waals surface area contributed by atoms with E-state index >= 15 is 0 Å². The van der Waals surface area contributed by atoms with E-state index in [0.717, 1.165) is 5.56 Å². The summed E-state index contributed by atoms with van der Waals surface area (Å²) in [4.78, 5) is 27.1. The van der Waals surface area contributed by atoms with E-state index in [9.17, 15) is 14.9 Å². The van der Waals surface area contributed by atoms with Gasteiger partial charge in [0.15, 0.2) is 0 Å². The molecule has 4 rings (SSSR count). The lowest BCUT2D eigenvalue weighted by atomic mass is 10.2. The van der Waals surface area contributed by atoms with Gasteiger partial charge in [0.25, 0.3) is 10.9 Å². The first-order chi connectivity index (χ1) is 15.0. The van der Waals surface area contributed by atoms with Crippen LogP contribution in [0, 0.1) is 10.1 Å². The van der Waals surface area contributed by atoms with E-state index in [-0.39, 0.29) is 17.3 Å². The zero-order valence-electron chi connectivity index (χ0n) is 16.3. The first kappa shape index (κ1) is 21.1. The molecular formula is C20H18ClN5O4S. The Balaban J connectivity index is 1.31. The van der Waals surface area contributed by atoms with E-state index in [1.54, 1.807) is 17.0 Å².